The summed E-state index contributed by atoms with van der Waals surface area (Å²) in [5, 5.41) is 5.41. The van der Waals surface area contributed by atoms with Crippen molar-refractivity contribution < 1.29 is 0 Å². The average Bonchev–Trinajstić information content (AvgIpc) is 3.28. The smallest absolute Gasteiger partial charge is 0.141 e. The van der Waals surface area contributed by atoms with E-state index in [0.717, 1.165) is 44.2 Å². The zero-order chi connectivity index (χ0) is 18.4. The predicted octanol–water partition coefficient (Wildman–Crippen LogP) is 5.72. The van der Waals surface area contributed by atoms with Crippen molar-refractivity contribution in [3.63, 3.8) is 0 Å². The number of aromatic nitrogens is 4. The Morgan fingerprint density at radius 2 is 1.85 bits per heavy atom. The number of nitrogens with zero attached hydrogens (tertiary/aromatic N) is 4. The third-order valence-electron chi connectivity index (χ3n) is 4.50. The standard InChI is InChI=1S/C20H15N5S2/c1-11-12(2)27-20(24-11)13-3-5-16-15(7-13)19(22-9-21-16)25-14-4-6-18-17(8-14)23-10-26-18/h3-10H,1-2H3,(H,21,22,25). The molecule has 0 aliphatic carbocycles. The van der Waals surface area contributed by atoms with Crippen molar-refractivity contribution in [3.8, 4) is 10.6 Å². The number of hydrogen-bond donors (Lipinski definition) is 1. The second kappa shape index (κ2) is 6.37. The Balaban J connectivity index is 1.59. The van der Waals surface area contributed by atoms with Crippen molar-refractivity contribution >= 4 is 55.3 Å². The van der Waals surface area contributed by atoms with Crippen LogP contribution in [0.2, 0.25) is 0 Å². The molecule has 0 atom stereocenters. The van der Waals surface area contributed by atoms with E-state index in [9.17, 15) is 0 Å². The molecule has 5 aromatic rings. The molecule has 3 heterocycles. The zero-order valence-corrected chi connectivity index (χ0v) is 16.4. The van der Waals surface area contributed by atoms with Crippen molar-refractivity contribution in [3.05, 3.63) is 58.8 Å². The highest BCUT2D eigenvalue weighted by atomic mass is 32.1. The molecule has 0 bridgehead atoms. The fraction of sp³-hybridized carbons (Fsp3) is 0.100. The van der Waals surface area contributed by atoms with E-state index in [4.69, 9.17) is 0 Å². The van der Waals surface area contributed by atoms with E-state index in [0.29, 0.717) is 0 Å². The summed E-state index contributed by atoms with van der Waals surface area (Å²) in [6.07, 6.45) is 1.59. The van der Waals surface area contributed by atoms with E-state index >= 15 is 0 Å². The Morgan fingerprint density at radius 1 is 0.926 bits per heavy atom. The number of benzene rings is 2. The Hall–Kier alpha value is -2.90. The summed E-state index contributed by atoms with van der Waals surface area (Å²) >= 11 is 3.35. The molecule has 0 spiro atoms. The fourth-order valence-corrected chi connectivity index (χ4v) is 4.53. The van der Waals surface area contributed by atoms with Gasteiger partial charge in [0.05, 0.1) is 26.9 Å². The zero-order valence-electron chi connectivity index (χ0n) is 14.7. The monoisotopic (exact) mass is 389 g/mol. The van der Waals surface area contributed by atoms with Gasteiger partial charge in [-0.2, -0.15) is 0 Å². The average molecular weight is 390 g/mol. The van der Waals surface area contributed by atoms with Gasteiger partial charge in [0.1, 0.15) is 17.2 Å². The first-order valence-electron chi connectivity index (χ1n) is 8.47. The predicted molar refractivity (Wildman–Crippen MR) is 113 cm³/mol. The normalized spacial score (nSPS) is 11.3. The van der Waals surface area contributed by atoms with Crippen LogP contribution >= 0.6 is 22.7 Å². The largest absolute Gasteiger partial charge is 0.340 e. The molecule has 132 valence electrons. The van der Waals surface area contributed by atoms with Crippen LogP contribution in [-0.2, 0) is 0 Å². The molecule has 7 heteroatoms. The molecule has 0 amide bonds. The van der Waals surface area contributed by atoms with Gasteiger partial charge in [0.15, 0.2) is 0 Å². The summed E-state index contributed by atoms with van der Waals surface area (Å²) in [4.78, 5) is 19.2. The van der Waals surface area contributed by atoms with Gasteiger partial charge in [0.25, 0.3) is 0 Å². The van der Waals surface area contributed by atoms with Crippen molar-refractivity contribution in [2.75, 3.05) is 5.32 Å². The van der Waals surface area contributed by atoms with Crippen LogP contribution in [-0.4, -0.2) is 19.9 Å². The van der Waals surface area contributed by atoms with Crippen molar-refractivity contribution in [1.82, 2.24) is 19.9 Å². The minimum Gasteiger partial charge on any atom is -0.340 e. The maximum Gasteiger partial charge on any atom is 0.141 e. The quantitative estimate of drug-likeness (QED) is 0.427. The Bertz CT molecular complexity index is 1270. The topological polar surface area (TPSA) is 63.6 Å². The van der Waals surface area contributed by atoms with Crippen LogP contribution in [0.4, 0.5) is 11.5 Å². The molecule has 0 saturated heterocycles. The summed E-state index contributed by atoms with van der Waals surface area (Å²) in [5.41, 5.74) is 6.86. The Kier molecular flexibility index (Phi) is 3.84. The van der Waals surface area contributed by atoms with Gasteiger partial charge in [-0.25, -0.2) is 19.9 Å². The lowest BCUT2D eigenvalue weighted by Crippen LogP contribution is -1.96. The van der Waals surface area contributed by atoms with E-state index in [1.807, 2.05) is 30.6 Å². The highest BCUT2D eigenvalue weighted by Gasteiger charge is 2.10. The van der Waals surface area contributed by atoms with Crippen LogP contribution in [0.3, 0.4) is 0 Å². The van der Waals surface area contributed by atoms with Gasteiger partial charge >= 0.3 is 0 Å². The molecule has 3 aromatic heterocycles. The third kappa shape index (κ3) is 2.94. The van der Waals surface area contributed by atoms with Gasteiger partial charge in [0, 0.05) is 21.5 Å². The SMILES string of the molecule is Cc1nc(-c2ccc3ncnc(Nc4ccc5scnc5c4)c3c2)sc1C. The molecule has 0 unspecified atom stereocenters. The number of aryl methyl sites for hydroxylation is 2. The molecule has 27 heavy (non-hydrogen) atoms. The van der Waals surface area contributed by atoms with E-state index in [1.165, 1.54) is 9.58 Å². The van der Waals surface area contributed by atoms with Gasteiger partial charge in [-0.05, 0) is 50.2 Å². The van der Waals surface area contributed by atoms with Gasteiger partial charge in [-0.1, -0.05) is 0 Å². The summed E-state index contributed by atoms with van der Waals surface area (Å²) in [7, 11) is 0. The van der Waals surface area contributed by atoms with Crippen LogP contribution in [0, 0.1) is 13.8 Å². The third-order valence-corrected chi connectivity index (χ3v) is 6.44. The molecule has 0 aliphatic heterocycles. The molecule has 0 aliphatic rings. The maximum absolute atomic E-state index is 4.68. The molecular weight excluding hydrogens is 374 g/mol. The van der Waals surface area contributed by atoms with Crippen LogP contribution in [0.1, 0.15) is 10.6 Å². The van der Waals surface area contributed by atoms with E-state index in [1.54, 1.807) is 29.0 Å². The van der Waals surface area contributed by atoms with Gasteiger partial charge in [-0.3, -0.25) is 0 Å². The summed E-state index contributed by atoms with van der Waals surface area (Å²) in [6, 6.07) is 12.4. The summed E-state index contributed by atoms with van der Waals surface area (Å²) in [5.74, 6) is 0.779. The first-order chi connectivity index (χ1) is 13.2. The molecule has 1 N–H and O–H groups in total. The first kappa shape index (κ1) is 16.3. The van der Waals surface area contributed by atoms with Crippen molar-refractivity contribution in [1.29, 1.82) is 0 Å². The van der Waals surface area contributed by atoms with Crippen LogP contribution in [0.15, 0.2) is 48.2 Å². The number of fused-ring (bicyclic) bond motifs is 2. The van der Waals surface area contributed by atoms with Gasteiger partial charge in [0.2, 0.25) is 0 Å². The number of anilines is 2. The van der Waals surface area contributed by atoms with E-state index in [2.05, 4.69) is 50.4 Å². The fourth-order valence-electron chi connectivity index (χ4n) is 2.96. The number of nitrogens with one attached hydrogen (secondary N) is 1. The van der Waals surface area contributed by atoms with Gasteiger partial charge < -0.3 is 5.32 Å². The second-order valence-corrected chi connectivity index (χ2v) is 8.36. The number of hydrogen-bond acceptors (Lipinski definition) is 7. The van der Waals surface area contributed by atoms with Crippen molar-refractivity contribution in [2.24, 2.45) is 0 Å². The van der Waals surface area contributed by atoms with Crippen LogP contribution < -0.4 is 5.32 Å². The van der Waals surface area contributed by atoms with Crippen molar-refractivity contribution in [2.45, 2.75) is 13.8 Å². The van der Waals surface area contributed by atoms with E-state index in [-0.39, 0.29) is 0 Å². The number of thiazole rings is 2. The molecule has 0 saturated carbocycles. The maximum atomic E-state index is 4.68. The Labute approximate surface area is 163 Å². The lowest BCUT2D eigenvalue weighted by atomic mass is 10.1. The molecule has 5 rings (SSSR count). The second-order valence-electron chi connectivity index (χ2n) is 6.27. The van der Waals surface area contributed by atoms with Crippen LogP contribution in [0.25, 0.3) is 31.7 Å². The molecule has 0 radical (unpaired) electrons. The minimum absolute atomic E-state index is 0.779. The number of rotatable bonds is 3. The Morgan fingerprint density at radius 3 is 2.70 bits per heavy atom. The lowest BCUT2D eigenvalue weighted by Gasteiger charge is -2.09. The molecule has 5 nitrogen and oxygen atoms in total. The van der Waals surface area contributed by atoms with E-state index < -0.39 is 0 Å². The molecule has 2 aromatic carbocycles. The highest BCUT2D eigenvalue weighted by Crippen LogP contribution is 2.32. The summed E-state index contributed by atoms with van der Waals surface area (Å²) in [6.45, 7) is 4.14. The minimum atomic E-state index is 0.779. The molecule has 0 fully saturated rings. The van der Waals surface area contributed by atoms with Crippen LogP contribution in [0.5, 0.6) is 0 Å². The summed E-state index contributed by atoms with van der Waals surface area (Å²) < 4.78 is 1.17. The highest BCUT2D eigenvalue weighted by molar-refractivity contribution is 7.16. The first-order valence-corrected chi connectivity index (χ1v) is 10.2. The van der Waals surface area contributed by atoms with Gasteiger partial charge in [-0.15, -0.1) is 22.7 Å². The molecular formula is C20H15N5S2. The lowest BCUT2D eigenvalue weighted by molar-refractivity contribution is 1.21.